The number of benzene rings is 2. The van der Waals surface area contributed by atoms with Crippen molar-refractivity contribution >= 4 is 44.8 Å². The first-order valence-electron chi connectivity index (χ1n) is 9.60. The Morgan fingerprint density at radius 2 is 1.71 bits per heavy atom. The standard InChI is InChI=1S/C20H23Cl2N3O5S/c21-15-11-16(22)13-17(12-15)24-31(27,28)19-3-1-18(2-4-19)30-14-20(26)23-5-6-25-7-9-29-10-8-25/h1-4,11-13,24H,5-10,14H2,(H,23,26). The average Bonchev–Trinajstić information content (AvgIpc) is 2.72. The van der Waals surface area contributed by atoms with Crippen molar-refractivity contribution in [3.05, 3.63) is 52.5 Å². The summed E-state index contributed by atoms with van der Waals surface area (Å²) in [6.45, 7) is 4.28. The number of morpholine rings is 1. The molecule has 0 aromatic heterocycles. The van der Waals surface area contributed by atoms with Gasteiger partial charge in [-0.15, -0.1) is 0 Å². The minimum Gasteiger partial charge on any atom is -0.484 e. The Kier molecular flexibility index (Phi) is 8.39. The van der Waals surface area contributed by atoms with Crippen molar-refractivity contribution in [2.75, 3.05) is 50.7 Å². The van der Waals surface area contributed by atoms with E-state index < -0.39 is 10.0 Å². The smallest absolute Gasteiger partial charge is 0.261 e. The van der Waals surface area contributed by atoms with Crippen LogP contribution in [0.25, 0.3) is 0 Å². The van der Waals surface area contributed by atoms with Gasteiger partial charge in [-0.25, -0.2) is 8.42 Å². The zero-order chi connectivity index (χ0) is 22.3. The van der Waals surface area contributed by atoms with Gasteiger partial charge in [0.2, 0.25) is 0 Å². The summed E-state index contributed by atoms with van der Waals surface area (Å²) in [6.07, 6.45) is 0. The summed E-state index contributed by atoms with van der Waals surface area (Å²) in [7, 11) is -3.83. The molecule has 0 atom stereocenters. The number of anilines is 1. The maximum Gasteiger partial charge on any atom is 0.261 e. The van der Waals surface area contributed by atoms with Gasteiger partial charge in [-0.1, -0.05) is 23.2 Å². The normalized spacial score (nSPS) is 14.8. The first kappa shape index (κ1) is 23.6. The quantitative estimate of drug-likeness (QED) is 0.564. The van der Waals surface area contributed by atoms with Crippen LogP contribution in [-0.4, -0.2) is 65.2 Å². The van der Waals surface area contributed by atoms with Gasteiger partial charge in [-0.05, 0) is 42.5 Å². The van der Waals surface area contributed by atoms with Gasteiger partial charge in [0.25, 0.3) is 15.9 Å². The number of rotatable bonds is 9. The fraction of sp³-hybridized carbons (Fsp3) is 0.350. The highest BCUT2D eigenvalue weighted by atomic mass is 35.5. The number of nitrogens with zero attached hydrogens (tertiary/aromatic N) is 1. The van der Waals surface area contributed by atoms with Crippen molar-refractivity contribution in [3.8, 4) is 5.75 Å². The molecule has 0 aliphatic carbocycles. The second kappa shape index (κ2) is 11.0. The SMILES string of the molecule is O=C(COc1ccc(S(=O)(=O)Nc2cc(Cl)cc(Cl)c2)cc1)NCCN1CCOCC1. The molecule has 2 aromatic carbocycles. The highest BCUT2D eigenvalue weighted by molar-refractivity contribution is 7.92. The number of amides is 1. The highest BCUT2D eigenvalue weighted by Gasteiger charge is 2.15. The Bertz CT molecular complexity index is 976. The molecule has 31 heavy (non-hydrogen) atoms. The first-order valence-corrected chi connectivity index (χ1v) is 11.8. The van der Waals surface area contributed by atoms with Crippen molar-refractivity contribution in [1.82, 2.24) is 10.2 Å². The molecule has 2 N–H and O–H groups in total. The Morgan fingerprint density at radius 3 is 2.35 bits per heavy atom. The van der Waals surface area contributed by atoms with Gasteiger partial charge in [0.15, 0.2) is 6.61 Å². The van der Waals surface area contributed by atoms with Gasteiger partial charge >= 0.3 is 0 Å². The first-order chi connectivity index (χ1) is 14.8. The fourth-order valence-electron chi connectivity index (χ4n) is 2.92. The van der Waals surface area contributed by atoms with E-state index in [-0.39, 0.29) is 23.1 Å². The van der Waals surface area contributed by atoms with Gasteiger partial charge in [0.1, 0.15) is 5.75 Å². The summed E-state index contributed by atoms with van der Waals surface area (Å²) in [5.41, 5.74) is 0.256. The van der Waals surface area contributed by atoms with Crippen LogP contribution >= 0.6 is 23.2 Å². The van der Waals surface area contributed by atoms with E-state index in [4.69, 9.17) is 32.7 Å². The lowest BCUT2D eigenvalue weighted by atomic mass is 10.3. The summed E-state index contributed by atoms with van der Waals surface area (Å²) in [6, 6.07) is 10.2. The van der Waals surface area contributed by atoms with Gasteiger partial charge < -0.3 is 14.8 Å². The lowest BCUT2D eigenvalue weighted by Crippen LogP contribution is -2.42. The van der Waals surface area contributed by atoms with Crippen LogP contribution in [0, 0.1) is 0 Å². The van der Waals surface area contributed by atoms with Crippen LogP contribution in [-0.2, 0) is 19.6 Å². The van der Waals surface area contributed by atoms with Gasteiger partial charge in [0, 0.05) is 36.2 Å². The average molecular weight is 488 g/mol. The van der Waals surface area contributed by atoms with Crippen LogP contribution in [0.5, 0.6) is 5.75 Å². The minimum absolute atomic E-state index is 0.0333. The number of hydrogen-bond acceptors (Lipinski definition) is 6. The molecular weight excluding hydrogens is 465 g/mol. The molecule has 2 aromatic rings. The van der Waals surface area contributed by atoms with E-state index in [1.807, 2.05) is 0 Å². The lowest BCUT2D eigenvalue weighted by molar-refractivity contribution is -0.123. The zero-order valence-corrected chi connectivity index (χ0v) is 19.0. The molecule has 168 valence electrons. The molecule has 8 nitrogen and oxygen atoms in total. The van der Waals surface area contributed by atoms with Gasteiger partial charge in [0.05, 0.1) is 23.8 Å². The Hall–Kier alpha value is -2.04. The third-order valence-corrected chi connectivity index (χ3v) is 6.31. The summed E-state index contributed by atoms with van der Waals surface area (Å²) < 4.78 is 38.2. The zero-order valence-electron chi connectivity index (χ0n) is 16.6. The van der Waals surface area contributed by atoms with E-state index >= 15 is 0 Å². The molecule has 1 saturated heterocycles. The number of carbonyl (C=O) groups is 1. The van der Waals surface area contributed by atoms with E-state index in [9.17, 15) is 13.2 Å². The summed E-state index contributed by atoms with van der Waals surface area (Å²) in [4.78, 5) is 14.2. The van der Waals surface area contributed by atoms with Crippen LogP contribution < -0.4 is 14.8 Å². The number of nitrogens with one attached hydrogen (secondary N) is 2. The Labute approximate surface area is 191 Å². The van der Waals surface area contributed by atoms with Crippen LogP contribution in [0.15, 0.2) is 47.4 Å². The second-order valence-electron chi connectivity index (χ2n) is 6.83. The Balaban J connectivity index is 1.47. The number of hydrogen-bond donors (Lipinski definition) is 2. The van der Waals surface area contributed by atoms with E-state index in [1.54, 1.807) is 0 Å². The monoisotopic (exact) mass is 487 g/mol. The van der Waals surface area contributed by atoms with Crippen molar-refractivity contribution < 1.29 is 22.7 Å². The van der Waals surface area contributed by atoms with Crippen molar-refractivity contribution in [2.24, 2.45) is 0 Å². The molecule has 0 unspecified atom stereocenters. The molecule has 0 radical (unpaired) electrons. The predicted molar refractivity (Wildman–Crippen MR) is 119 cm³/mol. The van der Waals surface area contributed by atoms with Crippen LogP contribution in [0.2, 0.25) is 10.0 Å². The molecule has 1 heterocycles. The van der Waals surface area contributed by atoms with Gasteiger partial charge in [-0.3, -0.25) is 14.4 Å². The molecule has 1 aliphatic heterocycles. The molecule has 1 amide bonds. The van der Waals surface area contributed by atoms with Crippen molar-refractivity contribution in [3.63, 3.8) is 0 Å². The summed E-state index contributed by atoms with van der Waals surface area (Å²) >= 11 is 11.8. The molecule has 0 saturated carbocycles. The number of carbonyl (C=O) groups excluding carboxylic acids is 1. The molecule has 0 spiro atoms. The highest BCUT2D eigenvalue weighted by Crippen LogP contribution is 2.25. The third-order valence-electron chi connectivity index (χ3n) is 4.47. The number of sulfonamides is 1. The van der Waals surface area contributed by atoms with Crippen LogP contribution in [0.3, 0.4) is 0 Å². The number of ether oxygens (including phenoxy) is 2. The molecule has 11 heteroatoms. The van der Waals surface area contributed by atoms with Gasteiger partial charge in [-0.2, -0.15) is 0 Å². The third kappa shape index (κ3) is 7.55. The molecule has 0 bridgehead atoms. The molecule has 3 rings (SSSR count). The predicted octanol–water partition coefficient (Wildman–Crippen LogP) is 2.62. The summed E-state index contributed by atoms with van der Waals surface area (Å²) in [5, 5.41) is 3.43. The van der Waals surface area contributed by atoms with Crippen LogP contribution in [0.1, 0.15) is 0 Å². The number of halogens is 2. The molecular formula is C20H23Cl2N3O5S. The topological polar surface area (TPSA) is 97.0 Å². The van der Waals surface area contributed by atoms with E-state index in [0.29, 0.717) is 35.6 Å². The lowest BCUT2D eigenvalue weighted by Gasteiger charge is -2.26. The second-order valence-corrected chi connectivity index (χ2v) is 9.38. The van der Waals surface area contributed by atoms with E-state index in [0.717, 1.165) is 19.6 Å². The van der Waals surface area contributed by atoms with Crippen LogP contribution in [0.4, 0.5) is 5.69 Å². The molecule has 1 fully saturated rings. The van der Waals surface area contributed by atoms with E-state index in [2.05, 4.69) is 14.9 Å². The maximum atomic E-state index is 12.5. The molecule has 1 aliphatic rings. The minimum atomic E-state index is -3.83. The van der Waals surface area contributed by atoms with E-state index in [1.165, 1.54) is 42.5 Å². The largest absolute Gasteiger partial charge is 0.484 e. The Morgan fingerprint density at radius 1 is 1.06 bits per heavy atom. The summed E-state index contributed by atoms with van der Waals surface area (Å²) in [5.74, 6) is 0.137. The van der Waals surface area contributed by atoms with Crippen molar-refractivity contribution in [2.45, 2.75) is 4.90 Å². The maximum absolute atomic E-state index is 12.5. The van der Waals surface area contributed by atoms with Crippen molar-refractivity contribution in [1.29, 1.82) is 0 Å². The fourth-order valence-corrected chi connectivity index (χ4v) is 4.49.